The van der Waals surface area contributed by atoms with Crippen molar-refractivity contribution in [2.75, 3.05) is 0 Å². The highest BCUT2D eigenvalue weighted by atomic mass is 16.3. The Morgan fingerprint density at radius 1 is 1.00 bits per heavy atom. The van der Waals surface area contributed by atoms with Crippen LogP contribution in [0.3, 0.4) is 0 Å². The standard InChI is InChI=1S/C20H17NO/c1-3-14-12-21-18(11-13(14)2)17-9-6-8-16-15-7-4-5-10-19(15)22-20(16)17/h4-12H,3H2,1-2H3. The van der Waals surface area contributed by atoms with E-state index in [0.29, 0.717) is 0 Å². The van der Waals surface area contributed by atoms with Crippen molar-refractivity contribution in [3.05, 3.63) is 65.9 Å². The Labute approximate surface area is 129 Å². The minimum Gasteiger partial charge on any atom is -0.455 e. The summed E-state index contributed by atoms with van der Waals surface area (Å²) >= 11 is 0. The fraction of sp³-hybridized carbons (Fsp3) is 0.150. The van der Waals surface area contributed by atoms with Crippen LogP contribution in [0.4, 0.5) is 0 Å². The predicted octanol–water partition coefficient (Wildman–Crippen LogP) is 5.52. The Kier molecular flexibility index (Phi) is 2.97. The van der Waals surface area contributed by atoms with Gasteiger partial charge >= 0.3 is 0 Å². The maximum atomic E-state index is 6.09. The first-order valence-corrected chi connectivity index (χ1v) is 7.64. The molecule has 2 nitrogen and oxygen atoms in total. The van der Waals surface area contributed by atoms with Crippen LogP contribution in [0.1, 0.15) is 18.1 Å². The highest BCUT2D eigenvalue weighted by Crippen LogP contribution is 2.35. The van der Waals surface area contributed by atoms with Gasteiger partial charge in [0.25, 0.3) is 0 Å². The number of benzene rings is 2. The van der Waals surface area contributed by atoms with Crippen molar-refractivity contribution in [2.45, 2.75) is 20.3 Å². The van der Waals surface area contributed by atoms with Gasteiger partial charge in [0.1, 0.15) is 11.2 Å². The Bertz CT molecular complexity index is 982. The van der Waals surface area contributed by atoms with Crippen molar-refractivity contribution in [2.24, 2.45) is 0 Å². The third-order valence-electron chi connectivity index (χ3n) is 4.28. The Hall–Kier alpha value is -2.61. The highest BCUT2D eigenvalue weighted by molar-refractivity contribution is 6.09. The molecule has 0 spiro atoms. The van der Waals surface area contributed by atoms with E-state index in [9.17, 15) is 0 Å². The average Bonchev–Trinajstić information content (AvgIpc) is 2.93. The number of pyridine rings is 1. The van der Waals surface area contributed by atoms with Gasteiger partial charge in [0.05, 0.1) is 5.69 Å². The maximum absolute atomic E-state index is 6.09. The van der Waals surface area contributed by atoms with Gasteiger partial charge in [-0.2, -0.15) is 0 Å². The number of aromatic nitrogens is 1. The molecule has 0 atom stereocenters. The lowest BCUT2D eigenvalue weighted by atomic mass is 10.0. The number of aryl methyl sites for hydroxylation is 2. The lowest BCUT2D eigenvalue weighted by Gasteiger charge is -2.06. The summed E-state index contributed by atoms with van der Waals surface area (Å²) in [5, 5.41) is 2.30. The van der Waals surface area contributed by atoms with Gasteiger partial charge in [-0.15, -0.1) is 0 Å². The molecule has 4 aromatic rings. The van der Waals surface area contributed by atoms with Crippen LogP contribution < -0.4 is 0 Å². The van der Waals surface area contributed by atoms with E-state index in [4.69, 9.17) is 4.42 Å². The zero-order valence-corrected chi connectivity index (χ0v) is 12.8. The van der Waals surface area contributed by atoms with Gasteiger partial charge in [-0.25, -0.2) is 0 Å². The monoisotopic (exact) mass is 287 g/mol. The molecule has 4 rings (SSSR count). The third-order valence-corrected chi connectivity index (χ3v) is 4.28. The van der Waals surface area contributed by atoms with E-state index in [1.165, 1.54) is 11.1 Å². The molecule has 0 N–H and O–H groups in total. The van der Waals surface area contributed by atoms with E-state index >= 15 is 0 Å². The lowest BCUT2D eigenvalue weighted by molar-refractivity contribution is 0.670. The molecule has 0 fully saturated rings. The van der Waals surface area contributed by atoms with E-state index in [2.05, 4.69) is 49.2 Å². The topological polar surface area (TPSA) is 26.0 Å². The second kappa shape index (κ2) is 4.99. The summed E-state index contributed by atoms with van der Waals surface area (Å²) in [5.74, 6) is 0. The Balaban J connectivity index is 2.00. The summed E-state index contributed by atoms with van der Waals surface area (Å²) in [6.45, 7) is 4.30. The molecule has 0 saturated carbocycles. The molecule has 0 radical (unpaired) electrons. The van der Waals surface area contributed by atoms with Crippen molar-refractivity contribution in [3.63, 3.8) is 0 Å². The molecular formula is C20H17NO. The van der Waals surface area contributed by atoms with Crippen LogP contribution in [0.2, 0.25) is 0 Å². The number of rotatable bonds is 2. The first-order chi connectivity index (χ1) is 10.8. The maximum Gasteiger partial charge on any atom is 0.144 e. The van der Waals surface area contributed by atoms with Crippen molar-refractivity contribution in [3.8, 4) is 11.3 Å². The molecular weight excluding hydrogens is 270 g/mol. The van der Waals surface area contributed by atoms with Crippen molar-refractivity contribution in [1.29, 1.82) is 0 Å². The molecule has 0 amide bonds. The molecule has 0 aliphatic rings. The number of para-hydroxylation sites is 2. The largest absolute Gasteiger partial charge is 0.455 e. The van der Waals surface area contributed by atoms with Gasteiger partial charge in [-0.3, -0.25) is 4.98 Å². The quantitative estimate of drug-likeness (QED) is 0.485. The third kappa shape index (κ3) is 1.92. The zero-order chi connectivity index (χ0) is 15.1. The van der Waals surface area contributed by atoms with Crippen LogP contribution >= 0.6 is 0 Å². The van der Waals surface area contributed by atoms with Crippen molar-refractivity contribution < 1.29 is 4.42 Å². The van der Waals surface area contributed by atoms with Gasteiger partial charge in [0, 0.05) is 22.5 Å². The van der Waals surface area contributed by atoms with E-state index in [0.717, 1.165) is 39.6 Å². The van der Waals surface area contributed by atoms with Crippen LogP contribution in [0, 0.1) is 6.92 Å². The number of fused-ring (bicyclic) bond motifs is 3. The zero-order valence-electron chi connectivity index (χ0n) is 12.8. The molecule has 0 aliphatic carbocycles. The summed E-state index contributed by atoms with van der Waals surface area (Å²) in [4.78, 5) is 4.64. The fourth-order valence-corrected chi connectivity index (χ4v) is 3.05. The average molecular weight is 287 g/mol. The summed E-state index contributed by atoms with van der Waals surface area (Å²) in [6.07, 6.45) is 2.99. The van der Waals surface area contributed by atoms with Gasteiger partial charge in [0.2, 0.25) is 0 Å². The first kappa shape index (κ1) is 13.1. The second-order valence-corrected chi connectivity index (χ2v) is 5.63. The molecule has 108 valence electrons. The SMILES string of the molecule is CCc1cnc(-c2cccc3c2oc2ccccc23)cc1C. The van der Waals surface area contributed by atoms with E-state index in [1.807, 2.05) is 24.4 Å². The van der Waals surface area contributed by atoms with Gasteiger partial charge in [0.15, 0.2) is 0 Å². The summed E-state index contributed by atoms with van der Waals surface area (Å²) in [7, 11) is 0. The van der Waals surface area contributed by atoms with Gasteiger partial charge in [-0.05, 0) is 42.7 Å². The van der Waals surface area contributed by atoms with Crippen molar-refractivity contribution >= 4 is 21.9 Å². The molecule has 0 unspecified atom stereocenters. The number of hydrogen-bond acceptors (Lipinski definition) is 2. The smallest absolute Gasteiger partial charge is 0.144 e. The van der Waals surface area contributed by atoms with Crippen LogP contribution in [0.25, 0.3) is 33.2 Å². The normalized spacial score (nSPS) is 11.4. The molecule has 2 aromatic carbocycles. The minimum atomic E-state index is 0.917. The summed E-state index contributed by atoms with van der Waals surface area (Å²) < 4.78 is 6.09. The van der Waals surface area contributed by atoms with Crippen LogP contribution in [-0.2, 0) is 6.42 Å². The fourth-order valence-electron chi connectivity index (χ4n) is 3.05. The number of furan rings is 1. The summed E-state index contributed by atoms with van der Waals surface area (Å²) in [5.41, 5.74) is 6.44. The molecule has 0 bridgehead atoms. The van der Waals surface area contributed by atoms with Crippen molar-refractivity contribution in [1.82, 2.24) is 4.98 Å². The molecule has 2 heterocycles. The highest BCUT2D eigenvalue weighted by Gasteiger charge is 2.12. The molecule has 2 heteroatoms. The number of hydrogen-bond donors (Lipinski definition) is 0. The molecule has 0 saturated heterocycles. The minimum absolute atomic E-state index is 0.917. The van der Waals surface area contributed by atoms with Crippen LogP contribution in [-0.4, -0.2) is 4.98 Å². The molecule has 2 aromatic heterocycles. The Morgan fingerprint density at radius 2 is 1.82 bits per heavy atom. The molecule has 22 heavy (non-hydrogen) atoms. The number of nitrogens with zero attached hydrogens (tertiary/aromatic N) is 1. The lowest BCUT2D eigenvalue weighted by Crippen LogP contribution is -1.91. The van der Waals surface area contributed by atoms with Crippen LogP contribution in [0.5, 0.6) is 0 Å². The summed E-state index contributed by atoms with van der Waals surface area (Å²) in [6, 6.07) is 16.6. The van der Waals surface area contributed by atoms with E-state index in [-0.39, 0.29) is 0 Å². The van der Waals surface area contributed by atoms with Gasteiger partial charge in [-0.1, -0.05) is 37.3 Å². The van der Waals surface area contributed by atoms with Crippen LogP contribution in [0.15, 0.2) is 59.1 Å². The second-order valence-electron chi connectivity index (χ2n) is 5.63. The Morgan fingerprint density at radius 3 is 2.64 bits per heavy atom. The first-order valence-electron chi connectivity index (χ1n) is 7.64. The van der Waals surface area contributed by atoms with Gasteiger partial charge < -0.3 is 4.42 Å². The molecule has 0 aliphatic heterocycles. The van der Waals surface area contributed by atoms with E-state index in [1.54, 1.807) is 0 Å². The predicted molar refractivity (Wildman–Crippen MR) is 91.1 cm³/mol. The van der Waals surface area contributed by atoms with E-state index < -0.39 is 0 Å².